The number of ether oxygens (including phenoxy) is 1. The van der Waals surface area contributed by atoms with Crippen LogP contribution in [0.3, 0.4) is 0 Å². The van der Waals surface area contributed by atoms with E-state index in [1.807, 2.05) is 11.8 Å². The van der Waals surface area contributed by atoms with E-state index in [2.05, 4.69) is 14.7 Å². The molecule has 2 rings (SSSR count). The molecule has 2 heterocycles. The third-order valence-corrected chi connectivity index (χ3v) is 3.53. The van der Waals surface area contributed by atoms with Crippen LogP contribution in [0, 0.1) is 5.92 Å². The highest BCUT2D eigenvalue weighted by molar-refractivity contribution is 5.85. The van der Waals surface area contributed by atoms with Gasteiger partial charge in [0.05, 0.1) is 13.0 Å². The molecular weight excluding hydrogens is 262 g/mol. The van der Waals surface area contributed by atoms with Gasteiger partial charge in [0.15, 0.2) is 0 Å². The van der Waals surface area contributed by atoms with Gasteiger partial charge >= 0.3 is 11.9 Å². The predicted molar refractivity (Wildman–Crippen MR) is 70.5 cm³/mol. The van der Waals surface area contributed by atoms with Crippen molar-refractivity contribution in [2.24, 2.45) is 5.92 Å². The molecule has 108 valence electrons. The van der Waals surface area contributed by atoms with E-state index in [1.165, 1.54) is 13.3 Å². The van der Waals surface area contributed by atoms with Crippen molar-refractivity contribution in [2.75, 3.05) is 18.6 Å². The van der Waals surface area contributed by atoms with Gasteiger partial charge in [-0.3, -0.25) is 4.79 Å². The molecule has 20 heavy (non-hydrogen) atoms. The number of carboxylic acids is 1. The van der Waals surface area contributed by atoms with Crippen molar-refractivity contribution in [3.63, 3.8) is 0 Å². The fraction of sp³-hybridized carbons (Fsp3) is 0.538. The van der Waals surface area contributed by atoms with Crippen molar-refractivity contribution < 1.29 is 19.4 Å². The number of hydrogen-bond donors (Lipinski definition) is 1. The number of aliphatic carboxylic acids is 1. The van der Waals surface area contributed by atoms with Crippen molar-refractivity contribution in [3.05, 3.63) is 18.1 Å². The average Bonchev–Trinajstić information content (AvgIpc) is 2.46. The SMILES string of the molecule is COC(=O)c1nccc(N2CCC(C(=O)O)CC2C)n1. The second-order valence-electron chi connectivity index (χ2n) is 4.83. The van der Waals surface area contributed by atoms with Crippen molar-refractivity contribution in [1.29, 1.82) is 0 Å². The van der Waals surface area contributed by atoms with Crippen LogP contribution in [0.25, 0.3) is 0 Å². The van der Waals surface area contributed by atoms with Crippen LogP contribution in [0.4, 0.5) is 5.82 Å². The van der Waals surface area contributed by atoms with Crippen molar-refractivity contribution >= 4 is 17.8 Å². The van der Waals surface area contributed by atoms with Crippen LogP contribution in [0.5, 0.6) is 0 Å². The van der Waals surface area contributed by atoms with Crippen molar-refractivity contribution in [2.45, 2.75) is 25.8 Å². The molecule has 7 nitrogen and oxygen atoms in total. The number of rotatable bonds is 3. The number of anilines is 1. The van der Waals surface area contributed by atoms with E-state index < -0.39 is 11.9 Å². The first-order valence-corrected chi connectivity index (χ1v) is 6.43. The van der Waals surface area contributed by atoms with Crippen LogP contribution in [0.1, 0.15) is 30.4 Å². The third kappa shape index (κ3) is 2.87. The first-order valence-electron chi connectivity index (χ1n) is 6.43. The topological polar surface area (TPSA) is 92.6 Å². The van der Waals surface area contributed by atoms with Crippen LogP contribution < -0.4 is 4.90 Å². The van der Waals surface area contributed by atoms with Gasteiger partial charge in [-0.15, -0.1) is 0 Å². The molecule has 0 saturated carbocycles. The molecule has 0 bridgehead atoms. The maximum atomic E-state index is 11.4. The van der Waals surface area contributed by atoms with Gasteiger partial charge in [0, 0.05) is 18.8 Å². The summed E-state index contributed by atoms with van der Waals surface area (Å²) in [6.45, 7) is 2.55. The number of aromatic nitrogens is 2. The zero-order valence-corrected chi connectivity index (χ0v) is 11.4. The Morgan fingerprint density at radius 3 is 2.85 bits per heavy atom. The van der Waals surface area contributed by atoms with Crippen LogP contribution >= 0.6 is 0 Å². The Morgan fingerprint density at radius 1 is 1.50 bits per heavy atom. The van der Waals surface area contributed by atoms with Gasteiger partial charge in [0.1, 0.15) is 5.82 Å². The summed E-state index contributed by atoms with van der Waals surface area (Å²) in [5.74, 6) is -1.02. The predicted octanol–water partition coefficient (Wildman–Crippen LogP) is 0.953. The number of methoxy groups -OCH3 is 1. The average molecular weight is 279 g/mol. The van der Waals surface area contributed by atoms with Crippen LogP contribution in [-0.2, 0) is 9.53 Å². The largest absolute Gasteiger partial charge is 0.481 e. The number of nitrogens with zero attached hydrogens (tertiary/aromatic N) is 3. The van der Waals surface area contributed by atoms with Gasteiger partial charge in [-0.25, -0.2) is 14.8 Å². The van der Waals surface area contributed by atoms with Gasteiger partial charge in [-0.1, -0.05) is 0 Å². The van der Waals surface area contributed by atoms with E-state index in [-0.39, 0.29) is 17.8 Å². The molecular formula is C13H17N3O4. The molecule has 0 amide bonds. The zero-order chi connectivity index (χ0) is 14.7. The molecule has 1 fully saturated rings. The molecule has 0 aromatic carbocycles. The Labute approximate surface area is 116 Å². The van der Waals surface area contributed by atoms with Gasteiger partial charge in [-0.05, 0) is 25.8 Å². The molecule has 1 aliphatic heterocycles. The van der Waals surface area contributed by atoms with E-state index in [4.69, 9.17) is 5.11 Å². The summed E-state index contributed by atoms with van der Waals surface area (Å²) < 4.78 is 4.59. The number of hydrogen-bond acceptors (Lipinski definition) is 6. The number of carbonyl (C=O) groups is 2. The highest BCUT2D eigenvalue weighted by Crippen LogP contribution is 2.26. The quantitative estimate of drug-likeness (QED) is 0.823. The molecule has 0 spiro atoms. The second kappa shape index (κ2) is 5.85. The summed E-state index contributed by atoms with van der Waals surface area (Å²) in [5, 5.41) is 9.06. The lowest BCUT2D eigenvalue weighted by Gasteiger charge is -2.37. The van der Waals surface area contributed by atoms with Gasteiger partial charge in [0.25, 0.3) is 0 Å². The highest BCUT2D eigenvalue weighted by atomic mass is 16.5. The fourth-order valence-electron chi connectivity index (χ4n) is 2.44. The normalized spacial score (nSPS) is 22.4. The van der Waals surface area contributed by atoms with Crippen LogP contribution in [0.2, 0.25) is 0 Å². The Hall–Kier alpha value is -2.18. The van der Waals surface area contributed by atoms with E-state index in [0.717, 1.165) is 0 Å². The summed E-state index contributed by atoms with van der Waals surface area (Å²) in [6.07, 6.45) is 2.63. The van der Waals surface area contributed by atoms with Gasteiger partial charge in [0.2, 0.25) is 5.82 Å². The van der Waals surface area contributed by atoms with E-state index in [1.54, 1.807) is 6.07 Å². The number of esters is 1. The number of piperidine rings is 1. The molecule has 1 aromatic rings. The van der Waals surface area contributed by atoms with Crippen LogP contribution in [-0.4, -0.2) is 46.7 Å². The minimum Gasteiger partial charge on any atom is -0.481 e. The second-order valence-corrected chi connectivity index (χ2v) is 4.83. The maximum Gasteiger partial charge on any atom is 0.376 e. The summed E-state index contributed by atoms with van der Waals surface area (Å²) in [4.78, 5) is 32.5. The Kier molecular flexibility index (Phi) is 4.16. The van der Waals surface area contributed by atoms with Gasteiger partial charge in [-0.2, -0.15) is 0 Å². The first-order chi connectivity index (χ1) is 9.52. The first kappa shape index (κ1) is 14.2. The van der Waals surface area contributed by atoms with Crippen molar-refractivity contribution in [1.82, 2.24) is 9.97 Å². The molecule has 2 atom stereocenters. The van der Waals surface area contributed by atoms with Crippen LogP contribution in [0.15, 0.2) is 12.3 Å². The monoisotopic (exact) mass is 279 g/mol. The van der Waals surface area contributed by atoms with Gasteiger partial charge < -0.3 is 14.7 Å². The Morgan fingerprint density at radius 2 is 2.25 bits per heavy atom. The lowest BCUT2D eigenvalue weighted by Crippen LogP contribution is -2.43. The summed E-state index contributed by atoms with van der Waals surface area (Å²) in [5.41, 5.74) is 0. The summed E-state index contributed by atoms with van der Waals surface area (Å²) in [7, 11) is 1.28. The minimum absolute atomic E-state index is 0.0116. The fourth-order valence-corrected chi connectivity index (χ4v) is 2.44. The molecule has 0 radical (unpaired) electrons. The van der Waals surface area contributed by atoms with Crippen molar-refractivity contribution in [3.8, 4) is 0 Å². The Balaban J connectivity index is 2.16. The lowest BCUT2D eigenvalue weighted by atomic mass is 9.92. The maximum absolute atomic E-state index is 11.4. The standard InChI is InChI=1S/C13H17N3O4/c1-8-7-9(12(17)18)4-6-16(8)10-3-5-14-11(15-10)13(19)20-2/h3,5,8-9H,4,6-7H2,1-2H3,(H,17,18). The molecule has 1 aliphatic rings. The molecule has 0 aliphatic carbocycles. The smallest absolute Gasteiger partial charge is 0.376 e. The molecule has 1 aromatic heterocycles. The van der Waals surface area contributed by atoms with E-state index >= 15 is 0 Å². The van der Waals surface area contributed by atoms with E-state index in [0.29, 0.717) is 25.2 Å². The third-order valence-electron chi connectivity index (χ3n) is 3.53. The zero-order valence-electron chi connectivity index (χ0n) is 11.4. The lowest BCUT2D eigenvalue weighted by molar-refractivity contribution is -0.142. The highest BCUT2D eigenvalue weighted by Gasteiger charge is 2.30. The number of carbonyl (C=O) groups excluding carboxylic acids is 1. The minimum atomic E-state index is -0.755. The molecule has 1 saturated heterocycles. The van der Waals surface area contributed by atoms with E-state index in [9.17, 15) is 9.59 Å². The molecule has 7 heteroatoms. The number of carboxylic acid groups (broad SMARTS) is 1. The summed E-state index contributed by atoms with van der Waals surface area (Å²) >= 11 is 0. The molecule has 1 N–H and O–H groups in total. The molecule has 2 unspecified atom stereocenters. The summed E-state index contributed by atoms with van der Waals surface area (Å²) in [6, 6.07) is 1.76. The Bertz CT molecular complexity index is 520.